The van der Waals surface area contributed by atoms with E-state index in [9.17, 15) is 4.79 Å². The summed E-state index contributed by atoms with van der Waals surface area (Å²) in [6.45, 7) is 6.61. The minimum absolute atomic E-state index is 0.576. The molecule has 1 amide bonds. The average Bonchev–Trinajstić information content (AvgIpc) is 2.55. The number of ether oxygens (including phenoxy) is 1. The Morgan fingerprint density at radius 2 is 2.00 bits per heavy atom. The molecule has 1 aromatic rings. The third-order valence-electron chi connectivity index (χ3n) is 4.49. The van der Waals surface area contributed by atoms with Crippen molar-refractivity contribution in [3.63, 3.8) is 0 Å². The van der Waals surface area contributed by atoms with E-state index in [1.54, 1.807) is 0 Å². The molecule has 5 heteroatoms. The Kier molecular flexibility index (Phi) is 7.20. The molecule has 2 N–H and O–H groups in total. The number of piperidine rings is 1. The molecule has 0 radical (unpaired) electrons. The van der Waals surface area contributed by atoms with Crippen molar-refractivity contribution < 1.29 is 14.6 Å². The van der Waals surface area contributed by atoms with Crippen LogP contribution in [0.1, 0.15) is 31.7 Å². The van der Waals surface area contributed by atoms with Gasteiger partial charge >= 0.3 is 6.09 Å². The Balaban J connectivity index is 1.63. The number of carboxylic acid groups (broad SMARTS) is 1. The average molecular weight is 320 g/mol. The predicted octanol–water partition coefficient (Wildman–Crippen LogP) is 3.00. The predicted molar refractivity (Wildman–Crippen MR) is 91.1 cm³/mol. The number of benzene rings is 1. The number of nitrogens with one attached hydrogen (secondary N) is 1. The summed E-state index contributed by atoms with van der Waals surface area (Å²) in [4.78, 5) is 13.0. The fourth-order valence-electron chi connectivity index (χ4n) is 3.09. The van der Waals surface area contributed by atoms with E-state index < -0.39 is 6.09 Å². The van der Waals surface area contributed by atoms with Crippen molar-refractivity contribution in [3.05, 3.63) is 29.8 Å². The van der Waals surface area contributed by atoms with Gasteiger partial charge < -0.3 is 20.1 Å². The SMILES string of the molecule is CCOc1ccc(CCN2CCC(CCNC(=O)O)CC2)cc1. The number of amides is 1. The summed E-state index contributed by atoms with van der Waals surface area (Å²) in [6.07, 6.45) is 3.45. The van der Waals surface area contributed by atoms with Crippen LogP contribution in [-0.4, -0.2) is 48.9 Å². The second-order valence-corrected chi connectivity index (χ2v) is 6.13. The zero-order valence-electron chi connectivity index (χ0n) is 14.0. The first-order valence-corrected chi connectivity index (χ1v) is 8.58. The maximum absolute atomic E-state index is 10.4. The third kappa shape index (κ3) is 6.48. The first-order valence-electron chi connectivity index (χ1n) is 8.58. The molecule has 0 aromatic heterocycles. The lowest BCUT2D eigenvalue weighted by Crippen LogP contribution is -2.36. The van der Waals surface area contributed by atoms with E-state index in [2.05, 4.69) is 22.3 Å². The third-order valence-corrected chi connectivity index (χ3v) is 4.49. The Morgan fingerprint density at radius 1 is 1.30 bits per heavy atom. The topological polar surface area (TPSA) is 61.8 Å². The smallest absolute Gasteiger partial charge is 0.404 e. The summed E-state index contributed by atoms with van der Waals surface area (Å²) in [6, 6.07) is 8.38. The van der Waals surface area contributed by atoms with Gasteiger partial charge in [-0.05, 0) is 69.3 Å². The second kappa shape index (κ2) is 9.40. The van der Waals surface area contributed by atoms with Crippen LogP contribution in [0.2, 0.25) is 0 Å². The highest BCUT2D eigenvalue weighted by Crippen LogP contribution is 2.20. The standard InChI is InChI=1S/C18H28N2O3/c1-2-23-17-5-3-15(4-6-17)8-12-20-13-9-16(10-14-20)7-11-19-18(21)22/h3-6,16,19H,2,7-14H2,1H3,(H,21,22). The quantitative estimate of drug-likeness (QED) is 0.773. The van der Waals surface area contributed by atoms with Gasteiger partial charge in [0.2, 0.25) is 0 Å². The largest absolute Gasteiger partial charge is 0.494 e. The van der Waals surface area contributed by atoms with Crippen LogP contribution in [0.3, 0.4) is 0 Å². The number of hydrogen-bond acceptors (Lipinski definition) is 3. The van der Waals surface area contributed by atoms with Crippen molar-refractivity contribution in [3.8, 4) is 5.75 Å². The fraction of sp³-hybridized carbons (Fsp3) is 0.611. The molecule has 1 heterocycles. The van der Waals surface area contributed by atoms with Crippen molar-refractivity contribution in [1.29, 1.82) is 0 Å². The zero-order valence-corrected chi connectivity index (χ0v) is 14.0. The van der Waals surface area contributed by atoms with E-state index in [-0.39, 0.29) is 0 Å². The molecule has 0 unspecified atom stereocenters. The monoisotopic (exact) mass is 320 g/mol. The van der Waals surface area contributed by atoms with Crippen LogP contribution in [0.4, 0.5) is 4.79 Å². The maximum Gasteiger partial charge on any atom is 0.404 e. The van der Waals surface area contributed by atoms with Gasteiger partial charge in [-0.3, -0.25) is 0 Å². The van der Waals surface area contributed by atoms with Crippen molar-refractivity contribution in [2.75, 3.05) is 32.8 Å². The summed E-state index contributed by atoms with van der Waals surface area (Å²) >= 11 is 0. The molecule has 1 fully saturated rings. The highest BCUT2D eigenvalue weighted by atomic mass is 16.5. The molecule has 1 saturated heterocycles. The summed E-state index contributed by atoms with van der Waals surface area (Å²) in [5.74, 6) is 1.59. The lowest BCUT2D eigenvalue weighted by atomic mass is 9.93. The van der Waals surface area contributed by atoms with Crippen LogP contribution in [0.25, 0.3) is 0 Å². The first-order chi connectivity index (χ1) is 11.2. The molecular formula is C18H28N2O3. The van der Waals surface area contributed by atoms with E-state index in [0.717, 1.165) is 38.2 Å². The molecule has 2 rings (SSSR count). The van der Waals surface area contributed by atoms with Gasteiger partial charge in [0.1, 0.15) is 5.75 Å². The second-order valence-electron chi connectivity index (χ2n) is 6.13. The first kappa shape index (κ1) is 17.6. The van der Waals surface area contributed by atoms with Gasteiger partial charge in [0.25, 0.3) is 0 Å². The van der Waals surface area contributed by atoms with Gasteiger partial charge in [-0.2, -0.15) is 0 Å². The lowest BCUT2D eigenvalue weighted by Gasteiger charge is -2.32. The van der Waals surface area contributed by atoms with E-state index in [4.69, 9.17) is 9.84 Å². The fourth-order valence-corrected chi connectivity index (χ4v) is 3.09. The number of nitrogens with zero attached hydrogens (tertiary/aromatic N) is 1. The van der Waals surface area contributed by atoms with Gasteiger partial charge in [0.15, 0.2) is 0 Å². The highest BCUT2D eigenvalue weighted by molar-refractivity contribution is 5.64. The van der Waals surface area contributed by atoms with Gasteiger partial charge in [0.05, 0.1) is 6.61 Å². The molecule has 0 saturated carbocycles. The molecular weight excluding hydrogens is 292 g/mol. The summed E-state index contributed by atoms with van der Waals surface area (Å²) < 4.78 is 5.46. The maximum atomic E-state index is 10.4. The molecule has 5 nitrogen and oxygen atoms in total. The van der Waals surface area contributed by atoms with Crippen LogP contribution < -0.4 is 10.1 Å². The normalized spacial score (nSPS) is 16.2. The molecule has 0 spiro atoms. The Labute approximate surface area is 138 Å². The van der Waals surface area contributed by atoms with Crippen molar-refractivity contribution in [2.45, 2.75) is 32.6 Å². The van der Waals surface area contributed by atoms with Crippen LogP contribution in [0.15, 0.2) is 24.3 Å². The molecule has 1 aliphatic heterocycles. The van der Waals surface area contributed by atoms with Crippen LogP contribution in [0, 0.1) is 5.92 Å². The van der Waals surface area contributed by atoms with Crippen LogP contribution >= 0.6 is 0 Å². The molecule has 23 heavy (non-hydrogen) atoms. The lowest BCUT2D eigenvalue weighted by molar-refractivity contribution is 0.175. The molecule has 128 valence electrons. The van der Waals surface area contributed by atoms with E-state index in [0.29, 0.717) is 19.1 Å². The Hall–Kier alpha value is -1.75. The number of rotatable bonds is 8. The Morgan fingerprint density at radius 3 is 2.61 bits per heavy atom. The van der Waals surface area contributed by atoms with Gasteiger partial charge in [-0.15, -0.1) is 0 Å². The Bertz CT molecular complexity index is 468. The number of hydrogen-bond donors (Lipinski definition) is 2. The van der Waals surface area contributed by atoms with Gasteiger partial charge in [-0.25, -0.2) is 4.79 Å². The summed E-state index contributed by atoms with van der Waals surface area (Å²) in [5, 5.41) is 11.0. The van der Waals surface area contributed by atoms with Crippen molar-refractivity contribution in [2.24, 2.45) is 5.92 Å². The minimum atomic E-state index is -0.919. The summed E-state index contributed by atoms with van der Waals surface area (Å²) in [5.41, 5.74) is 1.35. The molecule has 0 aliphatic carbocycles. The molecule has 1 aromatic carbocycles. The number of carbonyl (C=O) groups is 1. The van der Waals surface area contributed by atoms with Gasteiger partial charge in [-0.1, -0.05) is 12.1 Å². The van der Waals surface area contributed by atoms with Crippen LogP contribution in [-0.2, 0) is 6.42 Å². The molecule has 0 bridgehead atoms. The molecule has 1 aliphatic rings. The van der Waals surface area contributed by atoms with E-state index in [1.165, 1.54) is 18.4 Å². The summed E-state index contributed by atoms with van der Waals surface area (Å²) in [7, 11) is 0. The minimum Gasteiger partial charge on any atom is -0.494 e. The van der Waals surface area contributed by atoms with E-state index >= 15 is 0 Å². The highest BCUT2D eigenvalue weighted by Gasteiger charge is 2.18. The molecule has 0 atom stereocenters. The van der Waals surface area contributed by atoms with E-state index in [1.807, 2.05) is 19.1 Å². The van der Waals surface area contributed by atoms with Gasteiger partial charge in [0, 0.05) is 13.1 Å². The van der Waals surface area contributed by atoms with Crippen molar-refractivity contribution >= 4 is 6.09 Å². The zero-order chi connectivity index (χ0) is 16.5. The number of likely N-dealkylation sites (tertiary alicyclic amines) is 1. The van der Waals surface area contributed by atoms with Crippen molar-refractivity contribution in [1.82, 2.24) is 10.2 Å². The van der Waals surface area contributed by atoms with Crippen LogP contribution in [0.5, 0.6) is 5.75 Å².